The smallest absolute Gasteiger partial charge is 0.258 e. The molecule has 3 aromatic heterocycles. The molecule has 0 spiro atoms. The topological polar surface area (TPSA) is 111 Å². The Morgan fingerprint density at radius 2 is 2.12 bits per heavy atom. The summed E-state index contributed by atoms with van der Waals surface area (Å²) in [5, 5.41) is 16.6. The maximum atomic E-state index is 12.9. The first-order chi connectivity index (χ1) is 15.3. The lowest BCUT2D eigenvalue weighted by Gasteiger charge is -2.36. The number of aryl methyl sites for hydroxylation is 1. The molecule has 3 aromatic rings. The van der Waals surface area contributed by atoms with E-state index < -0.39 is 5.60 Å². The fraction of sp³-hybridized carbons (Fsp3) is 0.391. The van der Waals surface area contributed by atoms with Gasteiger partial charge in [0.2, 0.25) is 5.88 Å². The normalized spacial score (nSPS) is 23.2. The number of pyridine rings is 2. The number of aromatic nitrogens is 4. The summed E-state index contributed by atoms with van der Waals surface area (Å²) in [5.74, 6) is 0.580. The van der Waals surface area contributed by atoms with Crippen LogP contribution >= 0.6 is 0 Å². The van der Waals surface area contributed by atoms with Crippen molar-refractivity contribution in [2.75, 3.05) is 5.32 Å². The van der Waals surface area contributed by atoms with Crippen molar-refractivity contribution < 1.29 is 19.4 Å². The zero-order chi connectivity index (χ0) is 22.5. The Bertz CT molecular complexity index is 1170. The zero-order valence-corrected chi connectivity index (χ0v) is 18.1. The van der Waals surface area contributed by atoms with Gasteiger partial charge < -0.3 is 19.9 Å². The first kappa shape index (κ1) is 20.6. The van der Waals surface area contributed by atoms with Crippen LogP contribution in [0.5, 0.6) is 5.88 Å². The van der Waals surface area contributed by atoms with Gasteiger partial charge in [-0.2, -0.15) is 5.10 Å². The summed E-state index contributed by atoms with van der Waals surface area (Å²) in [4.78, 5) is 21.8. The van der Waals surface area contributed by atoms with Gasteiger partial charge in [-0.15, -0.1) is 0 Å². The minimum absolute atomic E-state index is 0.0271. The number of nitrogens with zero attached hydrogens (tertiary/aromatic N) is 4. The highest BCUT2D eigenvalue weighted by molar-refractivity contribution is 6.03. The van der Waals surface area contributed by atoms with Crippen LogP contribution < -0.4 is 10.1 Å². The largest absolute Gasteiger partial charge is 0.468 e. The molecule has 32 heavy (non-hydrogen) atoms. The molecular formula is C23H25N5O4. The molecule has 0 aromatic carbocycles. The van der Waals surface area contributed by atoms with Crippen LogP contribution in [0.1, 0.15) is 48.7 Å². The molecule has 0 bridgehead atoms. The highest BCUT2D eigenvalue weighted by atomic mass is 16.6. The van der Waals surface area contributed by atoms with Gasteiger partial charge in [-0.25, -0.2) is 9.97 Å². The number of carbonyl (C=O) groups is 1. The molecule has 0 radical (unpaired) electrons. The molecule has 1 atom stereocenters. The van der Waals surface area contributed by atoms with Crippen molar-refractivity contribution in [1.82, 2.24) is 19.7 Å². The van der Waals surface area contributed by atoms with Gasteiger partial charge in [0, 0.05) is 30.6 Å². The van der Waals surface area contributed by atoms with Crippen LogP contribution in [-0.4, -0.2) is 48.6 Å². The summed E-state index contributed by atoms with van der Waals surface area (Å²) in [6.45, 7) is 3.87. The summed E-state index contributed by atoms with van der Waals surface area (Å²) < 4.78 is 13.9. The average Bonchev–Trinajstić information content (AvgIpc) is 3.27. The van der Waals surface area contributed by atoms with E-state index in [1.165, 1.54) is 6.20 Å². The number of hydrogen-bond acceptors (Lipinski definition) is 7. The molecular weight excluding hydrogens is 410 g/mol. The van der Waals surface area contributed by atoms with Crippen molar-refractivity contribution in [2.24, 2.45) is 7.05 Å². The van der Waals surface area contributed by atoms with Gasteiger partial charge in [-0.3, -0.25) is 9.48 Å². The molecule has 1 saturated carbocycles. The molecule has 1 amide bonds. The molecule has 1 aliphatic heterocycles. The first-order valence-corrected chi connectivity index (χ1v) is 10.6. The van der Waals surface area contributed by atoms with Gasteiger partial charge in [0.25, 0.3) is 5.91 Å². The number of hydrogen-bond donors (Lipinski definition) is 2. The lowest BCUT2D eigenvalue weighted by Crippen LogP contribution is -2.41. The standard InChI is InChI=1S/C23H25N5O4/c1-23(2)20(31-16-8-15(29)9-16)17-7-13(10-24-22(17)32-23)21(30)27-19-6-4-5-18(26-19)14-11-25-28(3)12-14/h4-7,10-12,15-16,20,29H,8-9H2,1-3H3,(H,26,27,30). The summed E-state index contributed by atoms with van der Waals surface area (Å²) in [6.07, 6.45) is 5.58. The third kappa shape index (κ3) is 3.85. The summed E-state index contributed by atoms with van der Waals surface area (Å²) in [7, 11) is 1.84. The fourth-order valence-electron chi connectivity index (χ4n) is 4.03. The monoisotopic (exact) mass is 435 g/mol. The molecule has 9 heteroatoms. The Kier molecular flexibility index (Phi) is 4.94. The van der Waals surface area contributed by atoms with Gasteiger partial charge in [0.15, 0.2) is 0 Å². The van der Waals surface area contributed by atoms with E-state index in [2.05, 4.69) is 20.4 Å². The van der Waals surface area contributed by atoms with Crippen molar-refractivity contribution in [2.45, 2.75) is 50.6 Å². The number of ether oxygens (including phenoxy) is 2. The van der Waals surface area contributed by atoms with E-state index in [9.17, 15) is 9.90 Å². The van der Waals surface area contributed by atoms with Crippen LogP contribution in [0.3, 0.4) is 0 Å². The predicted molar refractivity (Wildman–Crippen MR) is 116 cm³/mol. The molecule has 1 unspecified atom stereocenters. The van der Waals surface area contributed by atoms with Gasteiger partial charge >= 0.3 is 0 Å². The molecule has 1 aliphatic carbocycles. The quantitative estimate of drug-likeness (QED) is 0.634. The van der Waals surface area contributed by atoms with Gasteiger partial charge in [-0.05, 0) is 44.9 Å². The summed E-state index contributed by atoms with van der Waals surface area (Å²) in [6, 6.07) is 7.19. The van der Waals surface area contributed by atoms with E-state index in [1.54, 1.807) is 23.0 Å². The van der Waals surface area contributed by atoms with Crippen molar-refractivity contribution in [3.8, 4) is 17.1 Å². The number of rotatable bonds is 5. The zero-order valence-electron chi connectivity index (χ0n) is 18.1. The van der Waals surface area contributed by atoms with Gasteiger partial charge in [0.05, 0.1) is 29.7 Å². The van der Waals surface area contributed by atoms with Crippen molar-refractivity contribution in [1.29, 1.82) is 0 Å². The van der Waals surface area contributed by atoms with E-state index in [0.717, 1.165) is 11.1 Å². The molecule has 2 N–H and O–H groups in total. The van der Waals surface area contributed by atoms with Crippen LogP contribution in [0.15, 0.2) is 42.9 Å². The Morgan fingerprint density at radius 3 is 2.84 bits per heavy atom. The minimum Gasteiger partial charge on any atom is -0.468 e. The third-order valence-corrected chi connectivity index (χ3v) is 5.80. The van der Waals surface area contributed by atoms with Gasteiger partial charge in [-0.1, -0.05) is 6.07 Å². The maximum Gasteiger partial charge on any atom is 0.258 e. The SMILES string of the molecule is Cn1cc(-c2cccc(NC(=O)c3cnc4c(c3)C(OC3CC(O)C3)C(C)(C)O4)n2)cn1. The van der Waals surface area contributed by atoms with Crippen LogP contribution in [0.2, 0.25) is 0 Å². The lowest BCUT2D eigenvalue weighted by molar-refractivity contribution is -0.143. The first-order valence-electron chi connectivity index (χ1n) is 10.6. The number of amides is 1. The van der Waals surface area contributed by atoms with Gasteiger partial charge in [0.1, 0.15) is 17.5 Å². The number of aliphatic hydroxyl groups excluding tert-OH is 1. The summed E-state index contributed by atoms with van der Waals surface area (Å²) in [5.41, 5.74) is 2.09. The Balaban J connectivity index is 1.35. The van der Waals surface area contributed by atoms with Crippen molar-refractivity contribution in [3.05, 3.63) is 54.0 Å². The Morgan fingerprint density at radius 1 is 1.31 bits per heavy atom. The highest BCUT2D eigenvalue weighted by Crippen LogP contribution is 2.46. The number of aliphatic hydroxyl groups is 1. The van der Waals surface area contributed by atoms with Crippen molar-refractivity contribution in [3.63, 3.8) is 0 Å². The van der Waals surface area contributed by atoms with Crippen LogP contribution in [-0.2, 0) is 11.8 Å². The van der Waals surface area contributed by atoms with E-state index in [0.29, 0.717) is 35.8 Å². The van der Waals surface area contributed by atoms with E-state index in [1.807, 2.05) is 39.2 Å². The highest BCUT2D eigenvalue weighted by Gasteiger charge is 2.46. The number of nitrogens with one attached hydrogen (secondary N) is 1. The number of anilines is 1. The molecule has 1 fully saturated rings. The molecule has 0 saturated heterocycles. The van der Waals surface area contributed by atoms with Crippen molar-refractivity contribution >= 4 is 11.7 Å². The van der Waals surface area contributed by atoms with Crippen LogP contribution in [0.25, 0.3) is 11.3 Å². The van der Waals surface area contributed by atoms with Crippen LogP contribution in [0.4, 0.5) is 5.82 Å². The van der Waals surface area contributed by atoms with Crippen LogP contribution in [0, 0.1) is 0 Å². The second-order valence-corrected chi connectivity index (χ2v) is 8.85. The number of fused-ring (bicyclic) bond motifs is 1. The lowest BCUT2D eigenvalue weighted by atomic mass is 9.90. The molecule has 2 aliphatic rings. The Hall–Kier alpha value is -3.30. The maximum absolute atomic E-state index is 12.9. The molecule has 9 nitrogen and oxygen atoms in total. The second-order valence-electron chi connectivity index (χ2n) is 8.85. The Labute approximate surface area is 185 Å². The summed E-state index contributed by atoms with van der Waals surface area (Å²) >= 11 is 0. The average molecular weight is 435 g/mol. The molecule has 4 heterocycles. The fourth-order valence-corrected chi connectivity index (χ4v) is 4.03. The minimum atomic E-state index is -0.620. The van der Waals surface area contributed by atoms with E-state index >= 15 is 0 Å². The van der Waals surface area contributed by atoms with E-state index in [4.69, 9.17) is 9.47 Å². The third-order valence-electron chi connectivity index (χ3n) is 5.80. The number of carbonyl (C=O) groups excluding carboxylic acids is 1. The van der Waals surface area contributed by atoms with E-state index in [-0.39, 0.29) is 24.2 Å². The second kappa shape index (κ2) is 7.68. The molecule has 166 valence electrons. The predicted octanol–water partition coefficient (Wildman–Crippen LogP) is 2.88. The molecule has 5 rings (SSSR count).